The minimum absolute atomic E-state index is 0.0726. The Hall–Kier alpha value is -2.24. The Balaban J connectivity index is 1.37. The van der Waals surface area contributed by atoms with Gasteiger partial charge in [0.05, 0.1) is 12.2 Å². The van der Waals surface area contributed by atoms with E-state index in [4.69, 9.17) is 16.3 Å². The molecule has 0 aliphatic carbocycles. The van der Waals surface area contributed by atoms with E-state index in [0.29, 0.717) is 24.5 Å². The number of amides is 1. The fourth-order valence-electron chi connectivity index (χ4n) is 3.42. The minimum Gasteiger partial charge on any atom is -0.493 e. The zero-order chi connectivity index (χ0) is 19.8. The van der Waals surface area contributed by atoms with Gasteiger partial charge in [-0.05, 0) is 56.3 Å². The molecule has 1 aliphatic rings. The van der Waals surface area contributed by atoms with E-state index in [2.05, 4.69) is 27.2 Å². The molecule has 1 N–H and O–H groups in total. The van der Waals surface area contributed by atoms with E-state index < -0.39 is 0 Å². The van der Waals surface area contributed by atoms with Crippen molar-refractivity contribution in [1.82, 2.24) is 10.2 Å². The van der Waals surface area contributed by atoms with Gasteiger partial charge in [0.2, 0.25) is 0 Å². The second kappa shape index (κ2) is 10.3. The molecular formula is C22H28ClN3O2. The summed E-state index contributed by atoms with van der Waals surface area (Å²) in [5, 5.41) is 3.78. The van der Waals surface area contributed by atoms with Crippen LogP contribution >= 0.6 is 11.6 Å². The Morgan fingerprint density at radius 2 is 1.79 bits per heavy atom. The van der Waals surface area contributed by atoms with Crippen LogP contribution in [0.1, 0.15) is 23.7 Å². The van der Waals surface area contributed by atoms with Crippen molar-refractivity contribution in [1.29, 1.82) is 0 Å². The molecule has 1 aliphatic heterocycles. The first-order chi connectivity index (χ1) is 13.7. The number of piperazine rings is 1. The van der Waals surface area contributed by atoms with Crippen molar-refractivity contribution >= 4 is 23.2 Å². The summed E-state index contributed by atoms with van der Waals surface area (Å²) in [4.78, 5) is 17.2. The van der Waals surface area contributed by atoms with Crippen molar-refractivity contribution in [3.05, 3.63) is 59.1 Å². The number of benzene rings is 2. The molecule has 0 atom stereocenters. The van der Waals surface area contributed by atoms with E-state index >= 15 is 0 Å². The van der Waals surface area contributed by atoms with Gasteiger partial charge in [-0.2, -0.15) is 0 Å². The summed E-state index contributed by atoms with van der Waals surface area (Å²) >= 11 is 5.97. The molecule has 2 aromatic rings. The standard InChI is InChI=1S/C22H28ClN3O2/c1-2-28-21-7-4-3-6-20(21)22(27)24-12-5-13-25-14-16-26(17-15-25)19-10-8-18(23)9-11-19/h3-4,6-11H,2,5,12-17H2,1H3,(H,24,27). The van der Waals surface area contributed by atoms with Crippen molar-refractivity contribution in [2.45, 2.75) is 13.3 Å². The molecule has 0 spiro atoms. The van der Waals surface area contributed by atoms with Crippen LogP contribution < -0.4 is 15.0 Å². The zero-order valence-corrected chi connectivity index (χ0v) is 17.1. The largest absolute Gasteiger partial charge is 0.493 e. The molecule has 1 fully saturated rings. The first-order valence-corrected chi connectivity index (χ1v) is 10.3. The van der Waals surface area contributed by atoms with Crippen LogP contribution in [0, 0.1) is 0 Å². The average molecular weight is 402 g/mol. The molecule has 0 radical (unpaired) electrons. The van der Waals surface area contributed by atoms with Gasteiger partial charge >= 0.3 is 0 Å². The number of hydrogen-bond acceptors (Lipinski definition) is 4. The highest BCUT2D eigenvalue weighted by molar-refractivity contribution is 6.30. The van der Waals surface area contributed by atoms with E-state index in [-0.39, 0.29) is 5.91 Å². The van der Waals surface area contributed by atoms with E-state index in [1.807, 2.05) is 37.3 Å². The summed E-state index contributed by atoms with van der Waals surface area (Å²) in [6, 6.07) is 15.4. The lowest BCUT2D eigenvalue weighted by Crippen LogP contribution is -2.47. The summed E-state index contributed by atoms with van der Waals surface area (Å²) in [5.41, 5.74) is 1.82. The third-order valence-electron chi connectivity index (χ3n) is 4.93. The Labute approximate surface area is 172 Å². The van der Waals surface area contributed by atoms with Gasteiger partial charge in [-0.1, -0.05) is 23.7 Å². The zero-order valence-electron chi connectivity index (χ0n) is 16.4. The molecule has 0 bridgehead atoms. The molecule has 0 saturated carbocycles. The van der Waals surface area contributed by atoms with Crippen molar-refractivity contribution in [3.63, 3.8) is 0 Å². The minimum atomic E-state index is -0.0726. The smallest absolute Gasteiger partial charge is 0.255 e. The molecule has 0 unspecified atom stereocenters. The second-order valence-corrected chi connectivity index (χ2v) is 7.28. The highest BCUT2D eigenvalue weighted by Gasteiger charge is 2.17. The Bertz CT molecular complexity index is 759. The van der Waals surface area contributed by atoms with Crippen LogP contribution in [-0.4, -0.2) is 56.7 Å². The van der Waals surface area contributed by atoms with Crippen molar-refractivity contribution < 1.29 is 9.53 Å². The lowest BCUT2D eigenvalue weighted by Gasteiger charge is -2.36. The van der Waals surface area contributed by atoms with E-state index in [1.165, 1.54) is 5.69 Å². The molecule has 5 nitrogen and oxygen atoms in total. The molecule has 1 saturated heterocycles. The first-order valence-electron chi connectivity index (χ1n) is 9.90. The third-order valence-corrected chi connectivity index (χ3v) is 5.18. The maximum atomic E-state index is 12.4. The SMILES string of the molecule is CCOc1ccccc1C(=O)NCCCN1CCN(c2ccc(Cl)cc2)CC1. The molecule has 150 valence electrons. The monoisotopic (exact) mass is 401 g/mol. The summed E-state index contributed by atoms with van der Waals surface area (Å²) in [5.74, 6) is 0.567. The van der Waals surface area contributed by atoms with Gasteiger partial charge in [0.25, 0.3) is 5.91 Å². The Morgan fingerprint density at radius 1 is 1.07 bits per heavy atom. The molecule has 1 amide bonds. The highest BCUT2D eigenvalue weighted by atomic mass is 35.5. The van der Waals surface area contributed by atoms with Gasteiger partial charge in [0.15, 0.2) is 0 Å². The maximum absolute atomic E-state index is 12.4. The third kappa shape index (κ3) is 5.63. The Kier molecular flexibility index (Phi) is 7.57. The van der Waals surface area contributed by atoms with Crippen molar-refractivity contribution in [3.8, 4) is 5.75 Å². The number of carbonyl (C=O) groups is 1. The maximum Gasteiger partial charge on any atom is 0.255 e. The summed E-state index contributed by atoms with van der Waals surface area (Å²) < 4.78 is 5.53. The van der Waals surface area contributed by atoms with Gasteiger partial charge in [-0.25, -0.2) is 0 Å². The molecule has 2 aromatic carbocycles. The number of nitrogens with one attached hydrogen (secondary N) is 1. The van der Waals surface area contributed by atoms with Gasteiger partial charge < -0.3 is 15.0 Å². The summed E-state index contributed by atoms with van der Waals surface area (Å²) in [6.45, 7) is 8.20. The van der Waals surface area contributed by atoms with E-state index in [0.717, 1.165) is 44.2 Å². The number of nitrogens with zero attached hydrogens (tertiary/aromatic N) is 2. The van der Waals surface area contributed by atoms with Crippen LogP contribution in [0.15, 0.2) is 48.5 Å². The summed E-state index contributed by atoms with van der Waals surface area (Å²) in [6.07, 6.45) is 0.934. The van der Waals surface area contributed by atoms with E-state index in [1.54, 1.807) is 6.07 Å². The van der Waals surface area contributed by atoms with E-state index in [9.17, 15) is 4.79 Å². The molecule has 28 heavy (non-hydrogen) atoms. The second-order valence-electron chi connectivity index (χ2n) is 6.84. The first kappa shape index (κ1) is 20.5. The lowest BCUT2D eigenvalue weighted by molar-refractivity contribution is 0.0947. The molecular weight excluding hydrogens is 374 g/mol. The van der Waals surface area contributed by atoms with Crippen molar-refractivity contribution in [2.24, 2.45) is 0 Å². The quantitative estimate of drug-likeness (QED) is 0.685. The van der Waals surface area contributed by atoms with Gasteiger partial charge in [-0.15, -0.1) is 0 Å². The average Bonchev–Trinajstić information content (AvgIpc) is 2.73. The van der Waals surface area contributed by atoms with Crippen LogP contribution in [0.25, 0.3) is 0 Å². The number of para-hydroxylation sites is 1. The fourth-order valence-corrected chi connectivity index (χ4v) is 3.54. The van der Waals surface area contributed by atoms with Crippen LogP contribution in [0.3, 0.4) is 0 Å². The van der Waals surface area contributed by atoms with Crippen LogP contribution in [0.5, 0.6) is 5.75 Å². The topological polar surface area (TPSA) is 44.8 Å². The molecule has 6 heteroatoms. The van der Waals surface area contributed by atoms with Crippen LogP contribution in [-0.2, 0) is 0 Å². The number of halogens is 1. The van der Waals surface area contributed by atoms with Crippen molar-refractivity contribution in [2.75, 3.05) is 50.8 Å². The number of rotatable bonds is 8. The number of hydrogen-bond donors (Lipinski definition) is 1. The van der Waals surface area contributed by atoms with Gasteiger partial charge in [-0.3, -0.25) is 9.69 Å². The lowest BCUT2D eigenvalue weighted by atomic mass is 10.2. The number of carbonyl (C=O) groups excluding carboxylic acids is 1. The summed E-state index contributed by atoms with van der Waals surface area (Å²) in [7, 11) is 0. The predicted molar refractivity (Wildman–Crippen MR) is 115 cm³/mol. The van der Waals surface area contributed by atoms with Gasteiger partial charge in [0.1, 0.15) is 5.75 Å². The van der Waals surface area contributed by atoms with Gasteiger partial charge in [0, 0.05) is 43.4 Å². The normalized spacial score (nSPS) is 14.7. The number of anilines is 1. The number of ether oxygens (including phenoxy) is 1. The fraction of sp³-hybridized carbons (Fsp3) is 0.409. The predicted octanol–water partition coefficient (Wildman–Crippen LogP) is 3.68. The highest BCUT2D eigenvalue weighted by Crippen LogP contribution is 2.20. The van der Waals surface area contributed by atoms with Crippen LogP contribution in [0.4, 0.5) is 5.69 Å². The molecule has 3 rings (SSSR count). The van der Waals surface area contributed by atoms with Crippen LogP contribution in [0.2, 0.25) is 5.02 Å². The Morgan fingerprint density at radius 3 is 2.50 bits per heavy atom. The molecule has 0 aromatic heterocycles. The molecule has 1 heterocycles.